The van der Waals surface area contributed by atoms with Gasteiger partial charge in [0.15, 0.2) is 0 Å². The molecule has 1 aliphatic rings. The fourth-order valence-corrected chi connectivity index (χ4v) is 4.78. The van der Waals surface area contributed by atoms with E-state index < -0.39 is 10.0 Å². The maximum Gasteiger partial charge on any atom is 0.240 e. The Kier molecular flexibility index (Phi) is 6.07. The van der Waals surface area contributed by atoms with E-state index >= 15 is 0 Å². The number of hydrogen-bond donors (Lipinski definition) is 1. The van der Waals surface area contributed by atoms with Gasteiger partial charge in [-0.25, -0.2) is 17.8 Å². The van der Waals surface area contributed by atoms with Crippen LogP contribution in [-0.4, -0.2) is 60.3 Å². The summed E-state index contributed by atoms with van der Waals surface area (Å²) >= 11 is 0. The van der Waals surface area contributed by atoms with Gasteiger partial charge in [-0.2, -0.15) is 0 Å². The summed E-state index contributed by atoms with van der Waals surface area (Å²) < 4.78 is 35.6. The highest BCUT2D eigenvalue weighted by Crippen LogP contribution is 2.27. The van der Waals surface area contributed by atoms with Crippen LogP contribution >= 0.6 is 0 Å². The van der Waals surface area contributed by atoms with E-state index in [1.54, 1.807) is 31.4 Å². The van der Waals surface area contributed by atoms with Gasteiger partial charge >= 0.3 is 0 Å². The molecular weight excluding hydrogens is 404 g/mol. The highest BCUT2D eigenvalue weighted by Gasteiger charge is 2.26. The Balaban J connectivity index is 1.56. The lowest BCUT2D eigenvalue weighted by Crippen LogP contribution is -2.36. The number of nitrogens with zero attached hydrogens (tertiary/aromatic N) is 5. The van der Waals surface area contributed by atoms with Crippen LogP contribution in [0.5, 0.6) is 5.75 Å². The standard InChI is InChI=1S/C20H24N6O3S/c1-29-18-8-4-6-16(12-18)20(25-10-2-3-11-25)14-22-30(27,28)19-9-5-7-17(13-19)26-15-21-23-24-26/h4-9,12-13,15,20,22H,2-3,10-11,14H2,1H3. The Hall–Kier alpha value is -2.82. The maximum atomic E-state index is 13.0. The molecule has 0 radical (unpaired) electrons. The van der Waals surface area contributed by atoms with Gasteiger partial charge < -0.3 is 4.74 Å². The number of nitrogens with one attached hydrogen (secondary N) is 1. The number of ether oxygens (including phenoxy) is 1. The number of aromatic nitrogens is 4. The van der Waals surface area contributed by atoms with Crippen LogP contribution in [0.25, 0.3) is 5.69 Å². The van der Waals surface area contributed by atoms with E-state index in [-0.39, 0.29) is 17.5 Å². The lowest BCUT2D eigenvalue weighted by Gasteiger charge is -2.28. The second-order valence-electron chi connectivity index (χ2n) is 7.14. The molecule has 158 valence electrons. The van der Waals surface area contributed by atoms with E-state index in [1.165, 1.54) is 11.0 Å². The van der Waals surface area contributed by atoms with Crippen LogP contribution < -0.4 is 9.46 Å². The number of sulfonamides is 1. The number of benzene rings is 2. The molecule has 1 aromatic heterocycles. The van der Waals surface area contributed by atoms with Gasteiger partial charge in [-0.3, -0.25) is 4.90 Å². The monoisotopic (exact) mass is 428 g/mol. The molecule has 30 heavy (non-hydrogen) atoms. The van der Waals surface area contributed by atoms with Crippen LogP contribution in [0.3, 0.4) is 0 Å². The third kappa shape index (κ3) is 4.50. The number of rotatable bonds is 8. The first kappa shape index (κ1) is 20.5. The topological polar surface area (TPSA) is 102 Å². The zero-order chi connectivity index (χ0) is 21.0. The van der Waals surface area contributed by atoms with E-state index in [9.17, 15) is 8.42 Å². The lowest BCUT2D eigenvalue weighted by molar-refractivity contribution is 0.246. The first-order chi connectivity index (χ1) is 14.6. The molecule has 4 rings (SSSR count). The molecular formula is C20H24N6O3S. The number of tetrazole rings is 1. The number of likely N-dealkylation sites (tertiary alicyclic amines) is 1. The van der Waals surface area contributed by atoms with Crippen LogP contribution in [0.2, 0.25) is 0 Å². The highest BCUT2D eigenvalue weighted by molar-refractivity contribution is 7.89. The minimum absolute atomic E-state index is 0.0694. The summed E-state index contributed by atoms with van der Waals surface area (Å²) in [7, 11) is -2.08. The van der Waals surface area contributed by atoms with Gasteiger partial charge in [0.05, 0.1) is 17.7 Å². The molecule has 0 bridgehead atoms. The fourth-order valence-electron chi connectivity index (χ4n) is 3.70. The Morgan fingerprint density at radius 3 is 2.67 bits per heavy atom. The summed E-state index contributed by atoms with van der Waals surface area (Å²) in [6.45, 7) is 2.15. The van der Waals surface area contributed by atoms with Crippen molar-refractivity contribution < 1.29 is 13.2 Å². The van der Waals surface area contributed by atoms with Gasteiger partial charge in [0.2, 0.25) is 10.0 Å². The molecule has 0 spiro atoms. The van der Waals surface area contributed by atoms with Crippen LogP contribution in [0.15, 0.2) is 59.8 Å². The van der Waals surface area contributed by atoms with Crippen molar-refractivity contribution in [3.05, 3.63) is 60.4 Å². The molecule has 0 amide bonds. The fraction of sp³-hybridized carbons (Fsp3) is 0.350. The van der Waals surface area contributed by atoms with Gasteiger partial charge in [0.25, 0.3) is 0 Å². The van der Waals surface area contributed by atoms with Crippen molar-refractivity contribution in [3.63, 3.8) is 0 Å². The molecule has 3 aromatic rings. The summed E-state index contributed by atoms with van der Waals surface area (Å²) in [6.07, 6.45) is 3.65. The summed E-state index contributed by atoms with van der Waals surface area (Å²) in [6, 6.07) is 14.3. The zero-order valence-electron chi connectivity index (χ0n) is 16.7. The first-order valence-corrected chi connectivity index (χ1v) is 11.3. The summed E-state index contributed by atoms with van der Waals surface area (Å²) in [5.41, 5.74) is 1.60. The number of methoxy groups -OCH3 is 1. The molecule has 1 N–H and O–H groups in total. The normalized spacial score (nSPS) is 15.9. The smallest absolute Gasteiger partial charge is 0.240 e. The van der Waals surface area contributed by atoms with Crippen LogP contribution in [0.1, 0.15) is 24.4 Å². The summed E-state index contributed by atoms with van der Waals surface area (Å²) in [4.78, 5) is 2.48. The largest absolute Gasteiger partial charge is 0.497 e. The molecule has 2 heterocycles. The second-order valence-corrected chi connectivity index (χ2v) is 8.91. The average molecular weight is 429 g/mol. The molecule has 1 saturated heterocycles. The van der Waals surface area contributed by atoms with Crippen molar-refractivity contribution >= 4 is 10.0 Å². The van der Waals surface area contributed by atoms with Crippen molar-refractivity contribution in [2.75, 3.05) is 26.7 Å². The van der Waals surface area contributed by atoms with E-state index in [1.807, 2.05) is 24.3 Å². The van der Waals surface area contributed by atoms with E-state index in [0.29, 0.717) is 5.69 Å². The van der Waals surface area contributed by atoms with Crippen LogP contribution in [0, 0.1) is 0 Å². The molecule has 0 saturated carbocycles. The predicted molar refractivity (Wildman–Crippen MR) is 111 cm³/mol. The quantitative estimate of drug-likeness (QED) is 0.583. The Labute approximate surface area is 175 Å². The van der Waals surface area contributed by atoms with E-state index in [2.05, 4.69) is 25.1 Å². The summed E-state index contributed by atoms with van der Waals surface area (Å²) in [5, 5.41) is 11.0. The lowest BCUT2D eigenvalue weighted by atomic mass is 10.1. The molecule has 2 aromatic carbocycles. The third-order valence-corrected chi connectivity index (χ3v) is 6.69. The first-order valence-electron chi connectivity index (χ1n) is 9.78. The molecule has 0 aliphatic carbocycles. The van der Waals surface area contributed by atoms with Gasteiger partial charge in [-0.1, -0.05) is 18.2 Å². The number of hydrogen-bond acceptors (Lipinski definition) is 7. The second kappa shape index (κ2) is 8.90. The van der Waals surface area contributed by atoms with Crippen molar-refractivity contribution in [1.82, 2.24) is 29.8 Å². The Morgan fingerprint density at radius 2 is 1.93 bits per heavy atom. The Bertz CT molecular complexity index is 1080. The van der Waals surface area contributed by atoms with Crippen molar-refractivity contribution in [2.45, 2.75) is 23.8 Å². The molecule has 10 heteroatoms. The maximum absolute atomic E-state index is 13.0. The van der Waals surface area contributed by atoms with Gasteiger partial charge in [0.1, 0.15) is 12.1 Å². The van der Waals surface area contributed by atoms with Gasteiger partial charge in [-0.15, -0.1) is 5.10 Å². The molecule has 9 nitrogen and oxygen atoms in total. The van der Waals surface area contributed by atoms with Gasteiger partial charge in [0, 0.05) is 12.6 Å². The average Bonchev–Trinajstić information content (AvgIpc) is 3.49. The van der Waals surface area contributed by atoms with E-state index in [4.69, 9.17) is 4.74 Å². The minimum atomic E-state index is -3.71. The van der Waals surface area contributed by atoms with E-state index in [0.717, 1.165) is 37.2 Å². The SMILES string of the molecule is COc1cccc(C(CNS(=O)(=O)c2cccc(-n3cnnn3)c2)N2CCCC2)c1. The molecule has 1 atom stereocenters. The molecule has 1 aliphatic heterocycles. The van der Waals surface area contributed by atoms with Gasteiger partial charge in [-0.05, 0) is 72.3 Å². The van der Waals surface area contributed by atoms with Crippen molar-refractivity contribution in [1.29, 1.82) is 0 Å². The predicted octanol–water partition coefficient (Wildman–Crippen LogP) is 1.79. The molecule has 1 unspecified atom stereocenters. The van der Waals surface area contributed by atoms with Crippen LogP contribution in [-0.2, 0) is 10.0 Å². The van der Waals surface area contributed by atoms with Crippen molar-refractivity contribution in [3.8, 4) is 11.4 Å². The molecule has 1 fully saturated rings. The van der Waals surface area contributed by atoms with Crippen LogP contribution in [0.4, 0.5) is 0 Å². The minimum Gasteiger partial charge on any atom is -0.497 e. The van der Waals surface area contributed by atoms with Crippen molar-refractivity contribution in [2.24, 2.45) is 0 Å². The third-order valence-electron chi connectivity index (χ3n) is 5.27. The Morgan fingerprint density at radius 1 is 1.13 bits per heavy atom. The summed E-state index contributed by atoms with van der Waals surface area (Å²) in [5.74, 6) is 0.758. The zero-order valence-corrected chi connectivity index (χ0v) is 17.5. The highest BCUT2D eigenvalue weighted by atomic mass is 32.2.